The Morgan fingerprint density at radius 1 is 1.04 bits per heavy atom. The molecule has 0 heterocycles. The lowest BCUT2D eigenvalue weighted by Gasteiger charge is -2.13. The molecule has 3 aromatic carbocycles. The van der Waals surface area contributed by atoms with E-state index in [9.17, 15) is 19.3 Å². The normalized spacial score (nSPS) is 10.3. The smallest absolute Gasteiger partial charge is 0.296 e. The van der Waals surface area contributed by atoms with Crippen molar-refractivity contribution >= 4 is 17.3 Å². The van der Waals surface area contributed by atoms with Crippen LogP contribution in [0, 0.1) is 15.9 Å². The highest BCUT2D eigenvalue weighted by molar-refractivity contribution is 5.91. The van der Waals surface area contributed by atoms with E-state index >= 15 is 0 Å². The first-order chi connectivity index (χ1) is 13.0. The van der Waals surface area contributed by atoms with Gasteiger partial charge in [0.2, 0.25) is 5.91 Å². The van der Waals surface area contributed by atoms with Gasteiger partial charge in [-0.15, -0.1) is 0 Å². The molecule has 0 saturated carbocycles. The Morgan fingerprint density at radius 3 is 2.37 bits per heavy atom. The molecule has 0 saturated heterocycles. The summed E-state index contributed by atoms with van der Waals surface area (Å²) in [7, 11) is 0. The zero-order valence-electron chi connectivity index (χ0n) is 14.3. The summed E-state index contributed by atoms with van der Waals surface area (Å²) < 4.78 is 20.1. The van der Waals surface area contributed by atoms with E-state index in [0.717, 1.165) is 17.7 Å². The number of anilines is 1. The molecule has 136 valence electrons. The molecule has 0 aliphatic rings. The van der Waals surface area contributed by atoms with E-state index in [0.29, 0.717) is 11.3 Å². The largest absolute Gasteiger partial charge is 0.453 e. The minimum Gasteiger partial charge on any atom is -0.453 e. The lowest BCUT2D eigenvalue weighted by Crippen LogP contribution is -2.08. The van der Waals surface area contributed by atoms with Gasteiger partial charge in [-0.1, -0.05) is 48.5 Å². The van der Waals surface area contributed by atoms with Gasteiger partial charge in [-0.2, -0.15) is 0 Å². The van der Waals surface area contributed by atoms with Gasteiger partial charge in [-0.25, -0.2) is 4.39 Å². The zero-order chi connectivity index (χ0) is 19.4. The van der Waals surface area contributed by atoms with Gasteiger partial charge in [-0.3, -0.25) is 14.9 Å². The molecule has 0 bridgehead atoms. The molecule has 6 nitrogen and oxygen atoms in total. The van der Waals surface area contributed by atoms with E-state index < -0.39 is 22.3 Å². The van der Waals surface area contributed by atoms with Crippen molar-refractivity contribution in [1.29, 1.82) is 0 Å². The molecule has 1 amide bonds. The number of rotatable bonds is 5. The SMILES string of the molecule is CC(=O)Nc1cc(F)c(Oc2ccccc2-c2ccccc2)cc1[N+](=O)[O-]. The number of carbonyl (C=O) groups excluding carboxylic acids is 1. The summed E-state index contributed by atoms with van der Waals surface area (Å²) in [6, 6.07) is 18.2. The molecule has 0 spiro atoms. The average Bonchev–Trinajstić information content (AvgIpc) is 2.64. The number of nitro benzene ring substituents is 1. The van der Waals surface area contributed by atoms with Gasteiger partial charge in [0, 0.05) is 18.6 Å². The van der Waals surface area contributed by atoms with Crippen LogP contribution in [0.5, 0.6) is 11.5 Å². The highest BCUT2D eigenvalue weighted by Gasteiger charge is 2.21. The number of nitro groups is 1. The zero-order valence-corrected chi connectivity index (χ0v) is 14.3. The predicted molar refractivity (Wildman–Crippen MR) is 99.3 cm³/mol. The van der Waals surface area contributed by atoms with Crippen molar-refractivity contribution < 1.29 is 18.8 Å². The maximum absolute atomic E-state index is 14.5. The first kappa shape index (κ1) is 18.1. The fourth-order valence-electron chi connectivity index (χ4n) is 2.59. The van der Waals surface area contributed by atoms with Gasteiger partial charge >= 0.3 is 0 Å². The van der Waals surface area contributed by atoms with Crippen LogP contribution in [0.25, 0.3) is 11.1 Å². The Labute approximate surface area is 154 Å². The van der Waals surface area contributed by atoms with Crippen molar-refractivity contribution in [3.63, 3.8) is 0 Å². The van der Waals surface area contributed by atoms with Crippen LogP contribution in [0.4, 0.5) is 15.8 Å². The van der Waals surface area contributed by atoms with Crippen molar-refractivity contribution in [3.05, 3.63) is 82.7 Å². The maximum Gasteiger partial charge on any atom is 0.296 e. The Morgan fingerprint density at radius 2 is 1.70 bits per heavy atom. The third kappa shape index (κ3) is 4.09. The van der Waals surface area contributed by atoms with Crippen LogP contribution in [0.3, 0.4) is 0 Å². The van der Waals surface area contributed by atoms with Gasteiger partial charge in [0.05, 0.1) is 11.0 Å². The third-order valence-corrected chi connectivity index (χ3v) is 3.75. The van der Waals surface area contributed by atoms with E-state index in [2.05, 4.69) is 5.32 Å². The van der Waals surface area contributed by atoms with Crippen LogP contribution < -0.4 is 10.1 Å². The van der Waals surface area contributed by atoms with Gasteiger partial charge in [0.25, 0.3) is 5.69 Å². The number of para-hydroxylation sites is 1. The molecule has 7 heteroatoms. The summed E-state index contributed by atoms with van der Waals surface area (Å²) in [5.74, 6) is -1.32. The number of halogens is 1. The average molecular weight is 366 g/mol. The molecule has 0 radical (unpaired) electrons. The molecule has 27 heavy (non-hydrogen) atoms. The first-order valence-electron chi connectivity index (χ1n) is 8.03. The Kier molecular flexibility index (Phi) is 5.12. The number of amides is 1. The quantitative estimate of drug-likeness (QED) is 0.500. The standard InChI is InChI=1S/C20H15FN2O4/c1-13(24)22-17-11-16(21)20(12-18(17)23(25)26)27-19-10-6-5-9-15(19)14-7-3-2-4-8-14/h2-12H,1H3,(H,22,24). The summed E-state index contributed by atoms with van der Waals surface area (Å²) in [6.07, 6.45) is 0. The monoisotopic (exact) mass is 366 g/mol. The van der Waals surface area contributed by atoms with Gasteiger partial charge in [-0.05, 0) is 11.6 Å². The maximum atomic E-state index is 14.5. The van der Waals surface area contributed by atoms with Gasteiger partial charge in [0.15, 0.2) is 11.6 Å². The summed E-state index contributed by atoms with van der Waals surface area (Å²) in [5, 5.41) is 13.5. The Bertz CT molecular complexity index is 1010. The molecule has 3 rings (SSSR count). The molecule has 0 aliphatic carbocycles. The van der Waals surface area contributed by atoms with Crippen LogP contribution in [-0.4, -0.2) is 10.8 Å². The van der Waals surface area contributed by atoms with Crippen molar-refractivity contribution in [3.8, 4) is 22.6 Å². The number of carbonyl (C=O) groups is 1. The fourth-order valence-corrected chi connectivity index (χ4v) is 2.59. The van der Waals surface area contributed by atoms with E-state index in [1.165, 1.54) is 6.92 Å². The number of hydrogen-bond donors (Lipinski definition) is 1. The number of nitrogens with one attached hydrogen (secondary N) is 1. The number of ether oxygens (including phenoxy) is 1. The highest BCUT2D eigenvalue weighted by Crippen LogP contribution is 2.37. The van der Waals surface area contributed by atoms with Crippen molar-refractivity contribution in [1.82, 2.24) is 0 Å². The highest BCUT2D eigenvalue weighted by atomic mass is 19.1. The molecule has 0 atom stereocenters. The summed E-state index contributed by atoms with van der Waals surface area (Å²) in [6.45, 7) is 1.18. The summed E-state index contributed by atoms with van der Waals surface area (Å²) in [5.41, 5.74) is 0.886. The van der Waals surface area contributed by atoms with Gasteiger partial charge < -0.3 is 10.1 Å². The second kappa shape index (κ2) is 7.65. The van der Waals surface area contributed by atoms with Crippen LogP contribution in [0.15, 0.2) is 66.7 Å². The lowest BCUT2D eigenvalue weighted by molar-refractivity contribution is -0.384. The minimum absolute atomic E-state index is 0.228. The predicted octanol–water partition coefficient (Wildman–Crippen LogP) is 5.15. The van der Waals surface area contributed by atoms with Gasteiger partial charge in [0.1, 0.15) is 11.4 Å². The topological polar surface area (TPSA) is 81.5 Å². The Balaban J connectivity index is 2.03. The molecule has 1 N–H and O–H groups in total. The number of nitrogens with zero attached hydrogens (tertiary/aromatic N) is 1. The molecular formula is C20H15FN2O4. The third-order valence-electron chi connectivity index (χ3n) is 3.75. The summed E-state index contributed by atoms with van der Waals surface area (Å²) >= 11 is 0. The van der Waals surface area contributed by atoms with Crippen molar-refractivity contribution in [2.45, 2.75) is 6.92 Å². The minimum atomic E-state index is -0.827. The first-order valence-corrected chi connectivity index (χ1v) is 8.03. The van der Waals surface area contributed by atoms with Crippen molar-refractivity contribution in [2.75, 3.05) is 5.32 Å². The van der Waals surface area contributed by atoms with E-state index in [1.807, 2.05) is 42.5 Å². The van der Waals surface area contributed by atoms with Crippen molar-refractivity contribution in [2.24, 2.45) is 0 Å². The van der Waals surface area contributed by atoms with E-state index in [4.69, 9.17) is 4.74 Å². The van der Waals surface area contributed by atoms with Crippen LogP contribution in [0.2, 0.25) is 0 Å². The van der Waals surface area contributed by atoms with Crippen LogP contribution in [0.1, 0.15) is 6.92 Å². The Hall–Kier alpha value is -3.74. The van der Waals surface area contributed by atoms with E-state index in [1.54, 1.807) is 12.1 Å². The second-order valence-electron chi connectivity index (χ2n) is 5.70. The number of benzene rings is 3. The lowest BCUT2D eigenvalue weighted by atomic mass is 10.0. The number of hydrogen-bond acceptors (Lipinski definition) is 4. The molecule has 0 aromatic heterocycles. The fraction of sp³-hybridized carbons (Fsp3) is 0.0500. The molecular weight excluding hydrogens is 351 g/mol. The summed E-state index contributed by atoms with van der Waals surface area (Å²) in [4.78, 5) is 21.8. The second-order valence-corrected chi connectivity index (χ2v) is 5.70. The van der Waals surface area contributed by atoms with E-state index in [-0.39, 0.29) is 11.4 Å². The molecule has 0 fully saturated rings. The van der Waals surface area contributed by atoms with Crippen LogP contribution >= 0.6 is 0 Å². The molecule has 0 aliphatic heterocycles. The molecule has 0 unspecified atom stereocenters. The van der Waals surface area contributed by atoms with Crippen LogP contribution in [-0.2, 0) is 4.79 Å². The molecule has 3 aromatic rings.